The van der Waals surface area contributed by atoms with Crippen molar-refractivity contribution in [2.75, 3.05) is 0 Å². The van der Waals surface area contributed by atoms with Gasteiger partial charge in [0.05, 0.1) is 34.2 Å². The Morgan fingerprint density at radius 3 is 0.577 bits per heavy atom. The molecular weight excluding hydrogens is 961 g/mol. The lowest BCUT2D eigenvalue weighted by atomic mass is 9.86. The summed E-state index contributed by atoms with van der Waals surface area (Å²) in [6.45, 7) is 0. The summed E-state index contributed by atoms with van der Waals surface area (Å²) >= 11 is 0. The van der Waals surface area contributed by atoms with Crippen LogP contribution in [0, 0.1) is 0 Å². The molecule has 12 bridgehead atoms. The smallest absolute Gasteiger partial charge is 0.174 e. The summed E-state index contributed by atoms with van der Waals surface area (Å²) in [5.41, 5.74) is 5.75. The van der Waals surface area contributed by atoms with E-state index in [9.17, 15) is 15.3 Å². The van der Waals surface area contributed by atoms with Crippen molar-refractivity contribution in [2.45, 2.75) is 93.9 Å². The highest BCUT2D eigenvalue weighted by Gasteiger charge is 2.39. The molecule has 9 nitrogen and oxygen atoms in total. The average molecular weight is 1030 g/mol. The van der Waals surface area contributed by atoms with E-state index in [1.807, 2.05) is 200 Å². The molecular formula is C69H66N6O3. The van der Waals surface area contributed by atoms with Gasteiger partial charge in [0.15, 0.2) is 16.8 Å². The Labute approximate surface area is 458 Å². The van der Waals surface area contributed by atoms with Gasteiger partial charge in [0.1, 0.15) is 0 Å². The van der Waals surface area contributed by atoms with Crippen LogP contribution in [-0.2, 0) is 55.3 Å². The molecule has 78 heavy (non-hydrogen) atoms. The molecule has 0 fully saturated rings. The highest BCUT2D eigenvalue weighted by atomic mass is 16.3. The van der Waals surface area contributed by atoms with E-state index in [1.54, 1.807) is 0 Å². The summed E-state index contributed by atoms with van der Waals surface area (Å²) < 4.78 is 0. The van der Waals surface area contributed by atoms with Gasteiger partial charge in [-0.25, -0.2) is 0 Å². The van der Waals surface area contributed by atoms with Gasteiger partial charge in [0, 0.05) is 34.2 Å². The Bertz CT molecular complexity index is 2960. The highest BCUT2D eigenvalue weighted by Crippen LogP contribution is 2.38. The molecule has 0 saturated heterocycles. The number of aliphatic hydroxyl groups is 3. The van der Waals surface area contributed by atoms with Gasteiger partial charge in [-0.05, 0) is 167 Å². The first kappa shape index (κ1) is 53.1. The van der Waals surface area contributed by atoms with Crippen LogP contribution in [0.15, 0.2) is 237 Å². The van der Waals surface area contributed by atoms with Crippen LogP contribution in [0.5, 0.6) is 0 Å². The molecule has 6 aromatic heterocycles. The van der Waals surface area contributed by atoms with E-state index in [0.717, 1.165) is 72.7 Å². The molecule has 0 unspecified atom stereocenters. The zero-order chi connectivity index (χ0) is 53.5. The molecule has 0 aliphatic carbocycles. The van der Waals surface area contributed by atoms with Gasteiger partial charge in [-0.3, -0.25) is 29.9 Å². The molecule has 390 valence electrons. The predicted molar refractivity (Wildman–Crippen MR) is 308 cm³/mol. The van der Waals surface area contributed by atoms with Crippen LogP contribution in [0.25, 0.3) is 0 Å². The monoisotopic (exact) mass is 1030 g/mol. The molecule has 0 spiro atoms. The summed E-state index contributed by atoms with van der Waals surface area (Å²) in [4.78, 5) is 30.5. The molecule has 0 amide bonds. The number of aromatic nitrogens is 6. The zero-order valence-electron chi connectivity index (χ0n) is 44.0. The lowest BCUT2D eigenvalue weighted by Crippen LogP contribution is -2.31. The van der Waals surface area contributed by atoms with Crippen LogP contribution >= 0.6 is 0 Å². The molecule has 9 heteroatoms. The zero-order valence-corrected chi connectivity index (χ0v) is 44.0. The van der Waals surface area contributed by atoms with Crippen molar-refractivity contribution in [3.8, 4) is 0 Å². The van der Waals surface area contributed by atoms with Gasteiger partial charge in [0.25, 0.3) is 0 Å². The SMILES string of the molecule is OC1(c2ccccc2)c2cccc(n2)CCC=CCCc2cccc(n2)C(O)(c2ccccc2)c2cccc(n2)CCC=CCCc2cccc(n2)C(O)(c2ccccc2)c2cccc(n2)CCC=CCCc2cccc1n2. The number of rotatable bonds is 3. The van der Waals surface area contributed by atoms with Crippen LogP contribution in [0.1, 0.15) is 124 Å². The second-order valence-electron chi connectivity index (χ2n) is 20.0. The van der Waals surface area contributed by atoms with Crippen molar-refractivity contribution in [2.24, 2.45) is 0 Å². The van der Waals surface area contributed by atoms with Crippen molar-refractivity contribution in [3.05, 3.63) is 322 Å². The molecule has 0 radical (unpaired) electrons. The topological polar surface area (TPSA) is 138 Å². The molecule has 9 aromatic rings. The van der Waals surface area contributed by atoms with Crippen LogP contribution < -0.4 is 0 Å². The number of hydrogen-bond donors (Lipinski definition) is 3. The summed E-state index contributed by atoms with van der Waals surface area (Å²) in [6.07, 6.45) is 21.9. The Hall–Kier alpha value is -8.34. The maximum atomic E-state index is 12.8. The quantitative estimate of drug-likeness (QED) is 0.148. The first-order valence-corrected chi connectivity index (χ1v) is 27.4. The standard InChI is InChI=1S/C69H66N6O3/c76-67(52-28-10-7-11-29-52)61-46-22-40-55(70-61)34-16-1-2-17-35-56-41-23-47-62(71-56)68(77,53-30-12-8-13-31-53)64-49-25-43-58(73-64)37-19-5-6-21-39-60-45-27-51-66(75-60)69(78,54-32-14-9-15-33-54)65-50-26-44-59(74-65)38-20-4-3-18-36-57-42-24-48-63(67)72-57/h1-15,22-33,40-51,76-78H,16-21,34-39H2. The number of allylic oxidation sites excluding steroid dienone is 6. The summed E-state index contributed by atoms with van der Waals surface area (Å²) in [7, 11) is 0. The summed E-state index contributed by atoms with van der Waals surface area (Å²) in [5, 5.41) is 38.5. The molecule has 0 atom stereocenters. The van der Waals surface area contributed by atoms with Crippen molar-refractivity contribution < 1.29 is 15.3 Å². The van der Waals surface area contributed by atoms with Crippen molar-refractivity contribution in [1.29, 1.82) is 0 Å². The first-order chi connectivity index (χ1) is 38.3. The second-order valence-corrected chi connectivity index (χ2v) is 20.0. The maximum absolute atomic E-state index is 12.8. The third-order valence-corrected chi connectivity index (χ3v) is 14.5. The van der Waals surface area contributed by atoms with Crippen molar-refractivity contribution >= 4 is 0 Å². The lowest BCUT2D eigenvalue weighted by Gasteiger charge is -2.28. The summed E-state index contributed by atoms with van der Waals surface area (Å²) in [6, 6.07) is 64.2. The fourth-order valence-electron chi connectivity index (χ4n) is 10.3. The third-order valence-electron chi connectivity index (χ3n) is 14.5. The largest absolute Gasteiger partial charge is 0.373 e. The normalized spacial score (nSPS) is 19.9. The van der Waals surface area contributed by atoms with Crippen LogP contribution in [0.2, 0.25) is 0 Å². The van der Waals surface area contributed by atoms with Gasteiger partial charge in [-0.15, -0.1) is 0 Å². The van der Waals surface area contributed by atoms with E-state index in [4.69, 9.17) is 29.9 Å². The van der Waals surface area contributed by atoms with E-state index < -0.39 is 16.8 Å². The van der Waals surface area contributed by atoms with Gasteiger partial charge in [0.2, 0.25) is 0 Å². The molecule has 3 aromatic carbocycles. The number of nitrogens with zero attached hydrogens (tertiary/aromatic N) is 6. The molecule has 1 aliphatic rings. The molecule has 0 saturated carbocycles. The minimum atomic E-state index is -1.58. The van der Waals surface area contributed by atoms with Crippen LogP contribution in [0.4, 0.5) is 0 Å². The Balaban J connectivity index is 0.941. The fourth-order valence-corrected chi connectivity index (χ4v) is 10.3. The van der Waals surface area contributed by atoms with Crippen molar-refractivity contribution in [3.63, 3.8) is 0 Å². The Morgan fingerprint density at radius 2 is 0.397 bits per heavy atom. The van der Waals surface area contributed by atoms with Gasteiger partial charge in [-0.1, -0.05) is 164 Å². The highest BCUT2D eigenvalue weighted by molar-refractivity contribution is 5.45. The fraction of sp³-hybridized carbons (Fsp3) is 0.217. The third kappa shape index (κ3) is 12.3. The van der Waals surface area contributed by atoms with E-state index >= 15 is 0 Å². The number of benzene rings is 3. The summed E-state index contributed by atoms with van der Waals surface area (Å²) in [5.74, 6) is 0. The number of hydrogen-bond acceptors (Lipinski definition) is 9. The predicted octanol–water partition coefficient (Wildman–Crippen LogP) is 12.6. The molecule has 1 aliphatic heterocycles. The Kier molecular flexibility index (Phi) is 17.2. The van der Waals surface area contributed by atoms with Gasteiger partial charge < -0.3 is 15.3 Å². The first-order valence-electron chi connectivity index (χ1n) is 27.4. The van der Waals surface area contributed by atoms with Gasteiger partial charge in [-0.2, -0.15) is 0 Å². The number of fused-ring (bicyclic) bond motifs is 12. The van der Waals surface area contributed by atoms with Crippen LogP contribution in [-0.4, -0.2) is 45.2 Å². The molecule has 3 N–H and O–H groups in total. The van der Waals surface area contributed by atoms with E-state index in [2.05, 4.69) is 36.5 Å². The van der Waals surface area contributed by atoms with E-state index in [1.165, 1.54) is 0 Å². The number of pyridine rings is 6. The number of aryl methyl sites for hydroxylation is 6. The molecule has 10 rings (SSSR count). The second kappa shape index (κ2) is 25.2. The average Bonchev–Trinajstić information content (AvgIpc) is 3.51. The van der Waals surface area contributed by atoms with E-state index in [0.29, 0.717) is 89.4 Å². The lowest BCUT2D eigenvalue weighted by molar-refractivity contribution is 0.115. The minimum Gasteiger partial charge on any atom is -0.373 e. The van der Waals surface area contributed by atoms with Crippen LogP contribution in [0.3, 0.4) is 0 Å². The van der Waals surface area contributed by atoms with Crippen molar-refractivity contribution in [1.82, 2.24) is 29.9 Å². The minimum absolute atomic E-state index is 0.523. The van der Waals surface area contributed by atoms with E-state index in [-0.39, 0.29) is 0 Å². The maximum Gasteiger partial charge on any atom is 0.174 e. The van der Waals surface area contributed by atoms with Gasteiger partial charge >= 0.3 is 0 Å². The Morgan fingerprint density at radius 1 is 0.218 bits per heavy atom. The molecule has 7 heterocycles.